The molecular formula is C27H20F4N4O3. The zero-order valence-corrected chi connectivity index (χ0v) is 19.8. The number of alkyl halides is 3. The van der Waals surface area contributed by atoms with Crippen molar-refractivity contribution in [3.05, 3.63) is 94.9 Å². The molecule has 1 N–H and O–H groups in total. The van der Waals surface area contributed by atoms with Gasteiger partial charge in [0.05, 0.1) is 36.0 Å². The number of halogens is 4. The summed E-state index contributed by atoms with van der Waals surface area (Å²) in [5.41, 5.74) is -0.0997. The maximum Gasteiger partial charge on any atom is 0.416 e. The van der Waals surface area contributed by atoms with Crippen LogP contribution in [0.4, 0.5) is 29.1 Å². The van der Waals surface area contributed by atoms with Gasteiger partial charge < -0.3 is 15.0 Å². The van der Waals surface area contributed by atoms with Crippen LogP contribution >= 0.6 is 0 Å². The van der Waals surface area contributed by atoms with E-state index in [4.69, 9.17) is 4.74 Å². The third kappa shape index (κ3) is 5.47. The van der Waals surface area contributed by atoms with E-state index in [1.165, 1.54) is 12.1 Å². The molecule has 11 heteroatoms. The largest absolute Gasteiger partial charge is 0.416 e. The Bertz CT molecular complexity index is 1530. The van der Waals surface area contributed by atoms with Crippen molar-refractivity contribution in [2.45, 2.75) is 6.18 Å². The van der Waals surface area contributed by atoms with Crippen LogP contribution in [0.1, 0.15) is 31.8 Å². The number of amides is 1. The minimum absolute atomic E-state index is 0.0546. The summed E-state index contributed by atoms with van der Waals surface area (Å²) in [6, 6.07) is 11.8. The highest BCUT2D eigenvalue weighted by molar-refractivity contribution is 6.11. The SMILES string of the molecule is O=C(Nc1cc(F)cc(C(=O)c2ccc3ncc(N4CCOCC4)nc3c2)c1)c1cccc(C(F)(F)F)c1. The van der Waals surface area contributed by atoms with Crippen molar-refractivity contribution in [3.63, 3.8) is 0 Å². The van der Waals surface area contributed by atoms with Gasteiger partial charge in [0.2, 0.25) is 0 Å². The number of hydrogen-bond acceptors (Lipinski definition) is 6. The van der Waals surface area contributed by atoms with Gasteiger partial charge in [0, 0.05) is 35.5 Å². The van der Waals surface area contributed by atoms with E-state index in [1.54, 1.807) is 24.4 Å². The van der Waals surface area contributed by atoms with E-state index in [2.05, 4.69) is 15.3 Å². The zero-order chi connectivity index (χ0) is 26.9. The molecule has 0 atom stereocenters. The van der Waals surface area contributed by atoms with Crippen LogP contribution in [0.25, 0.3) is 11.0 Å². The summed E-state index contributed by atoms with van der Waals surface area (Å²) in [6.45, 7) is 2.48. The van der Waals surface area contributed by atoms with Crippen LogP contribution in [0.5, 0.6) is 0 Å². The molecular weight excluding hydrogens is 504 g/mol. The highest BCUT2D eigenvalue weighted by Crippen LogP contribution is 2.30. The van der Waals surface area contributed by atoms with Crippen molar-refractivity contribution in [1.29, 1.82) is 0 Å². The summed E-state index contributed by atoms with van der Waals surface area (Å²) in [6.07, 6.45) is -2.97. The Morgan fingerprint density at radius 2 is 1.68 bits per heavy atom. The standard InChI is InChI=1S/C27H20F4N4O3/c28-20-11-18(12-21(14-20)33-26(37)17-2-1-3-19(10-17)27(29,30)31)25(36)16-4-5-22-23(13-16)34-24(15-32-22)35-6-8-38-9-7-35/h1-5,10-15H,6-9H2,(H,33,37). The lowest BCUT2D eigenvalue weighted by atomic mass is 10.0. The summed E-state index contributed by atoms with van der Waals surface area (Å²) in [5.74, 6) is -1.56. The van der Waals surface area contributed by atoms with Crippen LogP contribution in [-0.4, -0.2) is 48.0 Å². The zero-order valence-electron chi connectivity index (χ0n) is 19.8. The monoisotopic (exact) mass is 524 g/mol. The van der Waals surface area contributed by atoms with E-state index in [0.29, 0.717) is 49.2 Å². The van der Waals surface area contributed by atoms with E-state index < -0.39 is 29.2 Å². The molecule has 4 aromatic rings. The smallest absolute Gasteiger partial charge is 0.378 e. The van der Waals surface area contributed by atoms with Crippen LogP contribution in [0.2, 0.25) is 0 Å². The highest BCUT2D eigenvalue weighted by Gasteiger charge is 2.31. The molecule has 0 unspecified atom stereocenters. The quantitative estimate of drug-likeness (QED) is 0.289. The molecule has 0 bridgehead atoms. The molecule has 0 aliphatic carbocycles. The van der Waals surface area contributed by atoms with Crippen molar-refractivity contribution in [2.75, 3.05) is 36.5 Å². The van der Waals surface area contributed by atoms with Gasteiger partial charge in [-0.15, -0.1) is 0 Å². The lowest BCUT2D eigenvalue weighted by Gasteiger charge is -2.27. The highest BCUT2D eigenvalue weighted by atomic mass is 19.4. The van der Waals surface area contributed by atoms with Crippen LogP contribution in [0.15, 0.2) is 66.9 Å². The van der Waals surface area contributed by atoms with Crippen molar-refractivity contribution < 1.29 is 31.9 Å². The molecule has 194 valence electrons. The number of carbonyl (C=O) groups is 2. The summed E-state index contributed by atoms with van der Waals surface area (Å²) in [5, 5.41) is 2.36. The first-order chi connectivity index (χ1) is 18.2. The Kier molecular flexibility index (Phi) is 6.77. The Morgan fingerprint density at radius 1 is 0.895 bits per heavy atom. The molecule has 7 nitrogen and oxygen atoms in total. The molecule has 0 spiro atoms. The first-order valence-corrected chi connectivity index (χ1v) is 11.6. The van der Waals surface area contributed by atoms with E-state index in [0.717, 1.165) is 24.3 Å². The molecule has 38 heavy (non-hydrogen) atoms. The maximum atomic E-state index is 14.4. The number of anilines is 2. The minimum atomic E-state index is -4.62. The Morgan fingerprint density at radius 3 is 2.45 bits per heavy atom. The second-order valence-electron chi connectivity index (χ2n) is 8.62. The van der Waals surface area contributed by atoms with Crippen LogP contribution in [0, 0.1) is 5.82 Å². The van der Waals surface area contributed by atoms with Gasteiger partial charge in [-0.3, -0.25) is 14.6 Å². The number of hydrogen-bond donors (Lipinski definition) is 1. The number of aromatic nitrogens is 2. The predicted octanol–water partition coefficient (Wildman–Crippen LogP) is 5.11. The number of benzene rings is 3. The number of carbonyl (C=O) groups excluding carboxylic acids is 2. The molecule has 1 aliphatic rings. The van der Waals surface area contributed by atoms with Gasteiger partial charge in [-0.2, -0.15) is 13.2 Å². The van der Waals surface area contributed by atoms with E-state index in [1.807, 2.05) is 4.90 Å². The summed E-state index contributed by atoms with van der Waals surface area (Å²) < 4.78 is 58.7. The van der Waals surface area contributed by atoms with Gasteiger partial charge in [-0.05, 0) is 54.6 Å². The Balaban J connectivity index is 1.39. The van der Waals surface area contributed by atoms with Crippen LogP contribution in [0.3, 0.4) is 0 Å². The fraction of sp³-hybridized carbons (Fsp3) is 0.185. The molecule has 0 saturated carbocycles. The topological polar surface area (TPSA) is 84.4 Å². The minimum Gasteiger partial charge on any atom is -0.378 e. The Labute approximate surface area is 214 Å². The molecule has 2 heterocycles. The van der Waals surface area contributed by atoms with Crippen LogP contribution < -0.4 is 10.2 Å². The van der Waals surface area contributed by atoms with E-state index in [-0.39, 0.29) is 22.4 Å². The number of fused-ring (bicyclic) bond motifs is 1. The second-order valence-corrected chi connectivity index (χ2v) is 8.62. The van der Waals surface area contributed by atoms with Gasteiger partial charge in [-0.1, -0.05) is 6.07 Å². The molecule has 1 saturated heterocycles. The third-order valence-electron chi connectivity index (χ3n) is 6.00. The predicted molar refractivity (Wildman–Crippen MR) is 132 cm³/mol. The first-order valence-electron chi connectivity index (χ1n) is 11.6. The van der Waals surface area contributed by atoms with Gasteiger partial charge in [-0.25, -0.2) is 9.37 Å². The molecule has 3 aromatic carbocycles. The third-order valence-corrected chi connectivity index (χ3v) is 6.00. The van der Waals surface area contributed by atoms with Crippen molar-refractivity contribution in [1.82, 2.24) is 9.97 Å². The first kappa shape index (κ1) is 25.3. The van der Waals surface area contributed by atoms with Gasteiger partial charge in [0.1, 0.15) is 11.6 Å². The lowest BCUT2D eigenvalue weighted by Crippen LogP contribution is -2.36. The molecule has 1 aliphatic heterocycles. The van der Waals surface area contributed by atoms with Crippen molar-refractivity contribution >= 4 is 34.2 Å². The van der Waals surface area contributed by atoms with Gasteiger partial charge in [0.15, 0.2) is 5.78 Å². The van der Waals surface area contributed by atoms with E-state index in [9.17, 15) is 27.2 Å². The molecule has 5 rings (SSSR count). The fourth-order valence-electron chi connectivity index (χ4n) is 4.09. The van der Waals surface area contributed by atoms with E-state index >= 15 is 0 Å². The molecule has 1 aromatic heterocycles. The lowest BCUT2D eigenvalue weighted by molar-refractivity contribution is -0.137. The number of rotatable bonds is 5. The van der Waals surface area contributed by atoms with Gasteiger partial charge in [0.25, 0.3) is 5.91 Å². The Hall–Kier alpha value is -4.38. The maximum absolute atomic E-state index is 14.4. The molecule has 1 amide bonds. The second kappa shape index (κ2) is 10.2. The average molecular weight is 524 g/mol. The van der Waals surface area contributed by atoms with Gasteiger partial charge >= 0.3 is 6.18 Å². The normalized spacial score (nSPS) is 13.9. The summed E-state index contributed by atoms with van der Waals surface area (Å²) in [7, 11) is 0. The average Bonchev–Trinajstić information content (AvgIpc) is 2.91. The molecule has 0 radical (unpaired) electrons. The summed E-state index contributed by atoms with van der Waals surface area (Å²) in [4.78, 5) is 36.8. The number of nitrogens with zero attached hydrogens (tertiary/aromatic N) is 3. The fourth-order valence-corrected chi connectivity index (χ4v) is 4.09. The van der Waals surface area contributed by atoms with Crippen LogP contribution in [-0.2, 0) is 10.9 Å². The summed E-state index contributed by atoms with van der Waals surface area (Å²) >= 11 is 0. The molecule has 1 fully saturated rings. The number of ether oxygens (including phenoxy) is 1. The van der Waals surface area contributed by atoms with Crippen molar-refractivity contribution in [2.24, 2.45) is 0 Å². The van der Waals surface area contributed by atoms with Crippen molar-refractivity contribution in [3.8, 4) is 0 Å². The number of morpholine rings is 1. The number of nitrogens with one attached hydrogen (secondary N) is 1. The number of ketones is 1.